The first-order valence-corrected chi connectivity index (χ1v) is 6.67. The molecule has 0 radical (unpaired) electrons. The van der Waals surface area contributed by atoms with Crippen LogP contribution in [-0.4, -0.2) is 46.8 Å². The third kappa shape index (κ3) is 2.33. The van der Waals surface area contributed by atoms with Gasteiger partial charge in [-0.15, -0.1) is 0 Å². The highest BCUT2D eigenvalue weighted by Crippen LogP contribution is 2.47. The first-order chi connectivity index (χ1) is 8.09. The summed E-state index contributed by atoms with van der Waals surface area (Å²) in [6.45, 7) is 3.54. The van der Waals surface area contributed by atoms with E-state index in [0.717, 1.165) is 25.9 Å². The lowest BCUT2D eigenvalue weighted by Gasteiger charge is -2.37. The van der Waals surface area contributed by atoms with E-state index < -0.39 is 12.0 Å². The minimum absolute atomic E-state index is 0.191. The predicted molar refractivity (Wildman–Crippen MR) is 64.8 cm³/mol. The molecule has 2 N–H and O–H groups in total. The Morgan fingerprint density at radius 3 is 2.59 bits per heavy atom. The van der Waals surface area contributed by atoms with Crippen molar-refractivity contribution in [2.75, 3.05) is 19.7 Å². The lowest BCUT2D eigenvalue weighted by Crippen LogP contribution is -2.39. The second-order valence-corrected chi connectivity index (χ2v) is 5.75. The van der Waals surface area contributed by atoms with Crippen LogP contribution in [0.3, 0.4) is 0 Å². The van der Waals surface area contributed by atoms with Gasteiger partial charge < -0.3 is 10.2 Å². The molecule has 2 atom stereocenters. The average molecular weight is 241 g/mol. The maximum Gasteiger partial charge on any atom is 0.320 e. The SMILES string of the molecule is C[C@@H](C(=O)O)N1C[C@@H](CO)C2(CCCCC2)C1. The quantitative estimate of drug-likeness (QED) is 0.782. The molecule has 1 aliphatic heterocycles. The lowest BCUT2D eigenvalue weighted by molar-refractivity contribution is -0.142. The van der Waals surface area contributed by atoms with Crippen LogP contribution in [0.5, 0.6) is 0 Å². The van der Waals surface area contributed by atoms with Gasteiger partial charge in [-0.1, -0.05) is 19.3 Å². The Kier molecular flexibility index (Phi) is 3.73. The molecule has 4 heteroatoms. The molecule has 2 fully saturated rings. The van der Waals surface area contributed by atoms with E-state index in [-0.39, 0.29) is 17.9 Å². The summed E-state index contributed by atoms with van der Waals surface area (Å²) in [5.74, 6) is -0.487. The summed E-state index contributed by atoms with van der Waals surface area (Å²) in [7, 11) is 0. The molecular formula is C13H23NO3. The largest absolute Gasteiger partial charge is 0.480 e. The van der Waals surface area contributed by atoms with E-state index in [1.54, 1.807) is 6.92 Å². The first-order valence-electron chi connectivity index (χ1n) is 6.67. The van der Waals surface area contributed by atoms with Crippen molar-refractivity contribution >= 4 is 5.97 Å². The molecule has 2 rings (SSSR count). The second kappa shape index (κ2) is 4.94. The number of carbonyl (C=O) groups is 1. The monoisotopic (exact) mass is 241 g/mol. The Morgan fingerprint density at radius 1 is 1.41 bits per heavy atom. The molecule has 17 heavy (non-hydrogen) atoms. The molecule has 0 aromatic carbocycles. The van der Waals surface area contributed by atoms with E-state index in [4.69, 9.17) is 5.11 Å². The van der Waals surface area contributed by atoms with Crippen LogP contribution in [0.4, 0.5) is 0 Å². The lowest BCUT2D eigenvalue weighted by atomic mass is 9.68. The van der Waals surface area contributed by atoms with Crippen molar-refractivity contribution in [2.45, 2.75) is 45.1 Å². The van der Waals surface area contributed by atoms with Crippen molar-refractivity contribution in [1.29, 1.82) is 0 Å². The summed E-state index contributed by atoms with van der Waals surface area (Å²) in [5, 5.41) is 18.6. The average Bonchev–Trinajstić information content (AvgIpc) is 2.67. The van der Waals surface area contributed by atoms with Crippen LogP contribution in [0.15, 0.2) is 0 Å². The van der Waals surface area contributed by atoms with Crippen LogP contribution in [-0.2, 0) is 4.79 Å². The zero-order valence-corrected chi connectivity index (χ0v) is 10.6. The number of carboxylic acid groups (broad SMARTS) is 1. The molecule has 98 valence electrons. The van der Waals surface area contributed by atoms with Gasteiger partial charge in [0.2, 0.25) is 0 Å². The smallest absolute Gasteiger partial charge is 0.320 e. The van der Waals surface area contributed by atoms with E-state index >= 15 is 0 Å². The Balaban J connectivity index is 2.10. The highest BCUT2D eigenvalue weighted by molar-refractivity contribution is 5.72. The van der Waals surface area contributed by atoms with Crippen LogP contribution in [0.25, 0.3) is 0 Å². The normalized spacial score (nSPS) is 30.6. The van der Waals surface area contributed by atoms with Crippen molar-refractivity contribution in [3.63, 3.8) is 0 Å². The van der Waals surface area contributed by atoms with Crippen molar-refractivity contribution in [3.8, 4) is 0 Å². The Hall–Kier alpha value is -0.610. The second-order valence-electron chi connectivity index (χ2n) is 5.75. The third-order valence-electron chi connectivity index (χ3n) is 4.81. The zero-order chi connectivity index (χ0) is 12.5. The molecular weight excluding hydrogens is 218 g/mol. The molecule has 0 aromatic rings. The first kappa shape index (κ1) is 12.8. The molecule has 1 heterocycles. The molecule has 1 aliphatic carbocycles. The number of hydrogen-bond donors (Lipinski definition) is 2. The molecule has 1 saturated heterocycles. The summed E-state index contributed by atoms with van der Waals surface area (Å²) >= 11 is 0. The van der Waals surface area contributed by atoms with Crippen LogP contribution >= 0.6 is 0 Å². The Bertz CT molecular complexity index is 286. The van der Waals surface area contributed by atoms with Gasteiger partial charge in [-0.3, -0.25) is 9.69 Å². The van der Waals surface area contributed by atoms with Gasteiger partial charge in [0.1, 0.15) is 6.04 Å². The molecule has 2 aliphatic rings. The zero-order valence-electron chi connectivity index (χ0n) is 10.6. The summed E-state index contributed by atoms with van der Waals surface area (Å²) in [4.78, 5) is 13.1. The van der Waals surface area contributed by atoms with Gasteiger partial charge in [-0.05, 0) is 25.2 Å². The minimum Gasteiger partial charge on any atom is -0.480 e. The molecule has 0 bridgehead atoms. The van der Waals surface area contributed by atoms with Gasteiger partial charge in [-0.2, -0.15) is 0 Å². The van der Waals surface area contributed by atoms with Crippen LogP contribution < -0.4 is 0 Å². The van der Waals surface area contributed by atoms with E-state index in [9.17, 15) is 9.90 Å². The van der Waals surface area contributed by atoms with Gasteiger partial charge in [0, 0.05) is 25.6 Å². The van der Waals surface area contributed by atoms with Gasteiger partial charge in [-0.25, -0.2) is 0 Å². The fourth-order valence-corrected chi connectivity index (χ4v) is 3.60. The van der Waals surface area contributed by atoms with Crippen molar-refractivity contribution < 1.29 is 15.0 Å². The maximum absolute atomic E-state index is 11.0. The minimum atomic E-state index is -0.755. The molecule has 1 saturated carbocycles. The summed E-state index contributed by atoms with van der Waals surface area (Å²) in [6.07, 6.45) is 6.05. The molecule has 0 amide bonds. The number of aliphatic carboxylic acids is 1. The molecule has 0 aromatic heterocycles. The van der Waals surface area contributed by atoms with Gasteiger partial charge in [0.15, 0.2) is 0 Å². The standard InChI is InChI=1S/C13H23NO3/c1-10(12(16)17)14-7-11(8-15)13(9-14)5-3-2-4-6-13/h10-11,15H,2-9H2,1H3,(H,16,17)/t10-,11-/m0/s1. The summed E-state index contributed by atoms with van der Waals surface area (Å²) < 4.78 is 0. The highest BCUT2D eigenvalue weighted by Gasteiger charge is 2.48. The topological polar surface area (TPSA) is 60.8 Å². The van der Waals surface area contributed by atoms with Crippen LogP contribution in [0, 0.1) is 11.3 Å². The summed E-state index contributed by atoms with van der Waals surface area (Å²) in [6, 6.07) is -0.426. The van der Waals surface area contributed by atoms with Gasteiger partial charge in [0.25, 0.3) is 0 Å². The molecule has 0 unspecified atom stereocenters. The van der Waals surface area contributed by atoms with E-state index in [2.05, 4.69) is 0 Å². The number of rotatable bonds is 3. The number of aliphatic hydroxyl groups is 1. The van der Waals surface area contributed by atoms with E-state index in [1.807, 2.05) is 4.90 Å². The molecule has 1 spiro atoms. The predicted octanol–water partition coefficient (Wildman–Crippen LogP) is 1.33. The number of carboxylic acids is 1. The molecule has 4 nitrogen and oxygen atoms in total. The Labute approximate surface area is 103 Å². The van der Waals surface area contributed by atoms with Crippen LogP contribution in [0.1, 0.15) is 39.0 Å². The maximum atomic E-state index is 11.0. The third-order valence-corrected chi connectivity index (χ3v) is 4.81. The van der Waals surface area contributed by atoms with Crippen LogP contribution in [0.2, 0.25) is 0 Å². The van der Waals surface area contributed by atoms with E-state index in [1.165, 1.54) is 19.3 Å². The number of likely N-dealkylation sites (tertiary alicyclic amines) is 1. The van der Waals surface area contributed by atoms with Gasteiger partial charge in [0.05, 0.1) is 0 Å². The Morgan fingerprint density at radius 2 is 2.06 bits per heavy atom. The fourth-order valence-electron chi connectivity index (χ4n) is 3.60. The van der Waals surface area contributed by atoms with Gasteiger partial charge >= 0.3 is 5.97 Å². The highest BCUT2D eigenvalue weighted by atomic mass is 16.4. The summed E-state index contributed by atoms with van der Waals surface area (Å²) in [5.41, 5.74) is 0.191. The fraction of sp³-hybridized carbons (Fsp3) is 0.923. The number of nitrogens with zero attached hydrogens (tertiary/aromatic N) is 1. The number of aliphatic hydroxyl groups excluding tert-OH is 1. The number of hydrogen-bond acceptors (Lipinski definition) is 3. The van der Waals surface area contributed by atoms with Crippen molar-refractivity contribution in [3.05, 3.63) is 0 Å². The van der Waals surface area contributed by atoms with Crippen molar-refractivity contribution in [2.24, 2.45) is 11.3 Å². The van der Waals surface area contributed by atoms with Crippen molar-refractivity contribution in [1.82, 2.24) is 4.90 Å². The van der Waals surface area contributed by atoms with E-state index in [0.29, 0.717) is 0 Å².